The summed E-state index contributed by atoms with van der Waals surface area (Å²) in [4.78, 5) is 13.5. The number of amides is 1. The number of halogens is 1. The van der Waals surface area contributed by atoms with Gasteiger partial charge in [0.2, 0.25) is 0 Å². The van der Waals surface area contributed by atoms with E-state index in [9.17, 15) is 4.79 Å². The van der Waals surface area contributed by atoms with Crippen molar-refractivity contribution in [2.75, 3.05) is 0 Å². The summed E-state index contributed by atoms with van der Waals surface area (Å²) in [6, 6.07) is 16.4. The molecule has 1 aromatic heterocycles. The Kier molecular flexibility index (Phi) is 7.21. The molecular formula is C24H26BrN3OS. The minimum absolute atomic E-state index is 0.126. The van der Waals surface area contributed by atoms with Gasteiger partial charge in [-0.3, -0.25) is 4.79 Å². The van der Waals surface area contributed by atoms with Gasteiger partial charge in [-0.1, -0.05) is 24.3 Å². The second kappa shape index (κ2) is 9.67. The largest absolute Gasteiger partial charge is 0.317 e. The standard InChI is InChI=1S/C24H26BrN3OS/c1-15-11-16(2)13-20(12-15)28-17(3)22(23(25)18(28)4)14-26-27-24(29)19(5)30-21-9-7-6-8-10-21/h6-14,19H,1-5H3,(H,27,29)/b26-14-/t19-/m0/s1. The van der Waals surface area contributed by atoms with E-state index in [0.29, 0.717) is 0 Å². The summed E-state index contributed by atoms with van der Waals surface area (Å²) in [5.74, 6) is -0.126. The molecule has 0 saturated carbocycles. The maximum atomic E-state index is 12.4. The molecule has 30 heavy (non-hydrogen) atoms. The molecule has 3 aromatic rings. The van der Waals surface area contributed by atoms with Crippen LogP contribution in [0.4, 0.5) is 0 Å². The molecule has 0 radical (unpaired) electrons. The van der Waals surface area contributed by atoms with Crippen molar-refractivity contribution in [3.63, 3.8) is 0 Å². The van der Waals surface area contributed by atoms with Crippen LogP contribution in [0.25, 0.3) is 5.69 Å². The average molecular weight is 484 g/mol. The van der Waals surface area contributed by atoms with Crippen molar-refractivity contribution in [3.8, 4) is 5.69 Å². The molecule has 0 saturated heterocycles. The number of carbonyl (C=O) groups excluding carboxylic acids is 1. The van der Waals surface area contributed by atoms with E-state index in [2.05, 4.69) is 76.9 Å². The zero-order valence-electron chi connectivity index (χ0n) is 17.9. The molecule has 1 amide bonds. The third-order valence-corrected chi connectivity index (χ3v) is 6.99. The van der Waals surface area contributed by atoms with Crippen molar-refractivity contribution in [2.24, 2.45) is 5.10 Å². The van der Waals surface area contributed by atoms with E-state index < -0.39 is 0 Å². The number of aryl methyl sites for hydroxylation is 2. The number of thioether (sulfide) groups is 1. The number of carbonyl (C=O) groups is 1. The molecule has 4 nitrogen and oxygen atoms in total. The highest BCUT2D eigenvalue weighted by molar-refractivity contribution is 9.10. The highest BCUT2D eigenvalue weighted by Gasteiger charge is 2.17. The zero-order valence-corrected chi connectivity index (χ0v) is 20.3. The Morgan fingerprint density at radius 3 is 2.33 bits per heavy atom. The Morgan fingerprint density at radius 2 is 1.70 bits per heavy atom. The minimum Gasteiger partial charge on any atom is -0.317 e. The Bertz CT molecular complexity index is 1070. The van der Waals surface area contributed by atoms with Crippen LogP contribution >= 0.6 is 27.7 Å². The Morgan fingerprint density at radius 1 is 1.07 bits per heavy atom. The van der Waals surface area contributed by atoms with E-state index in [0.717, 1.165) is 32.0 Å². The maximum Gasteiger partial charge on any atom is 0.253 e. The van der Waals surface area contributed by atoms with Gasteiger partial charge in [-0.05, 0) is 85.9 Å². The third kappa shape index (κ3) is 5.05. The van der Waals surface area contributed by atoms with Gasteiger partial charge in [-0.15, -0.1) is 11.8 Å². The van der Waals surface area contributed by atoms with Crippen LogP contribution in [0.15, 0.2) is 63.0 Å². The van der Waals surface area contributed by atoms with Crippen molar-refractivity contribution < 1.29 is 4.79 Å². The van der Waals surface area contributed by atoms with E-state index in [1.165, 1.54) is 22.9 Å². The van der Waals surface area contributed by atoms with Gasteiger partial charge >= 0.3 is 0 Å². The third-order valence-electron chi connectivity index (χ3n) is 4.87. The molecule has 1 N–H and O–H groups in total. The van der Waals surface area contributed by atoms with Gasteiger partial charge in [0.25, 0.3) is 5.91 Å². The van der Waals surface area contributed by atoms with Crippen LogP contribution in [0.2, 0.25) is 0 Å². The molecule has 1 atom stereocenters. The van der Waals surface area contributed by atoms with Crippen molar-refractivity contribution in [2.45, 2.75) is 44.8 Å². The molecule has 1 heterocycles. The molecule has 2 aromatic carbocycles. The van der Waals surface area contributed by atoms with Crippen LogP contribution < -0.4 is 5.43 Å². The van der Waals surface area contributed by atoms with Crippen LogP contribution in [-0.2, 0) is 4.79 Å². The highest BCUT2D eigenvalue weighted by atomic mass is 79.9. The van der Waals surface area contributed by atoms with Gasteiger partial charge in [-0.2, -0.15) is 5.10 Å². The average Bonchev–Trinajstić information content (AvgIpc) is 2.91. The van der Waals surface area contributed by atoms with Crippen molar-refractivity contribution >= 4 is 39.8 Å². The van der Waals surface area contributed by atoms with Crippen LogP contribution in [0.1, 0.15) is 35.0 Å². The molecule has 0 aliphatic rings. The summed E-state index contributed by atoms with van der Waals surface area (Å²) in [5, 5.41) is 3.99. The van der Waals surface area contributed by atoms with Crippen molar-refractivity contribution in [3.05, 3.63) is 81.1 Å². The Balaban J connectivity index is 1.76. The van der Waals surface area contributed by atoms with Gasteiger partial charge in [0, 0.05) is 32.0 Å². The van der Waals surface area contributed by atoms with E-state index >= 15 is 0 Å². The van der Waals surface area contributed by atoms with Crippen LogP contribution in [0.3, 0.4) is 0 Å². The van der Waals surface area contributed by atoms with Gasteiger partial charge in [0.15, 0.2) is 0 Å². The first-order chi connectivity index (χ1) is 14.3. The second-order valence-corrected chi connectivity index (χ2v) is 9.59. The molecule has 0 unspecified atom stereocenters. The van der Waals surface area contributed by atoms with Crippen molar-refractivity contribution in [1.29, 1.82) is 0 Å². The lowest BCUT2D eigenvalue weighted by Gasteiger charge is -2.11. The molecule has 0 fully saturated rings. The fraction of sp³-hybridized carbons (Fsp3) is 0.250. The smallest absolute Gasteiger partial charge is 0.253 e. The number of benzene rings is 2. The van der Waals surface area contributed by atoms with E-state index in [-0.39, 0.29) is 11.2 Å². The molecule has 156 valence electrons. The summed E-state index contributed by atoms with van der Waals surface area (Å²) in [5.41, 5.74) is 9.36. The lowest BCUT2D eigenvalue weighted by molar-refractivity contribution is -0.120. The molecule has 3 rings (SSSR count). The number of rotatable bonds is 6. The number of hydrogen-bond acceptors (Lipinski definition) is 3. The van der Waals surface area contributed by atoms with E-state index in [1.54, 1.807) is 6.21 Å². The highest BCUT2D eigenvalue weighted by Crippen LogP contribution is 2.30. The van der Waals surface area contributed by atoms with Crippen LogP contribution in [0, 0.1) is 27.7 Å². The zero-order chi connectivity index (χ0) is 21.8. The summed E-state index contributed by atoms with van der Waals surface area (Å²) >= 11 is 5.21. The number of hydrogen-bond donors (Lipinski definition) is 1. The molecule has 6 heteroatoms. The molecule has 0 aliphatic carbocycles. The fourth-order valence-electron chi connectivity index (χ4n) is 3.45. The summed E-state index contributed by atoms with van der Waals surface area (Å²) in [6.45, 7) is 10.2. The van der Waals surface area contributed by atoms with Gasteiger partial charge < -0.3 is 4.57 Å². The van der Waals surface area contributed by atoms with Gasteiger partial charge in [0.1, 0.15) is 0 Å². The van der Waals surface area contributed by atoms with Gasteiger partial charge in [0.05, 0.1) is 11.5 Å². The topological polar surface area (TPSA) is 46.4 Å². The van der Waals surface area contributed by atoms with Gasteiger partial charge in [-0.25, -0.2) is 5.43 Å². The predicted molar refractivity (Wildman–Crippen MR) is 130 cm³/mol. The summed E-state index contributed by atoms with van der Waals surface area (Å²) in [6.07, 6.45) is 1.71. The fourth-order valence-corrected chi connectivity index (χ4v) is 4.90. The number of nitrogens with one attached hydrogen (secondary N) is 1. The normalized spacial score (nSPS) is 12.3. The first-order valence-electron chi connectivity index (χ1n) is 9.78. The first-order valence-corrected chi connectivity index (χ1v) is 11.5. The van der Waals surface area contributed by atoms with E-state index in [1.807, 2.05) is 37.3 Å². The lowest BCUT2D eigenvalue weighted by atomic mass is 10.1. The Labute approximate surface area is 190 Å². The molecule has 0 spiro atoms. The number of hydrazone groups is 1. The Hall–Kier alpha value is -2.31. The molecule has 0 bridgehead atoms. The number of nitrogens with zero attached hydrogens (tertiary/aromatic N) is 2. The molecule has 0 aliphatic heterocycles. The maximum absolute atomic E-state index is 12.4. The molecular weight excluding hydrogens is 458 g/mol. The minimum atomic E-state index is -0.240. The first kappa shape index (κ1) is 22.4. The predicted octanol–water partition coefficient (Wildman–Crippen LogP) is 6.10. The summed E-state index contributed by atoms with van der Waals surface area (Å²) in [7, 11) is 0. The summed E-state index contributed by atoms with van der Waals surface area (Å²) < 4.78 is 3.19. The monoisotopic (exact) mass is 483 g/mol. The second-order valence-electron chi connectivity index (χ2n) is 7.39. The number of aromatic nitrogens is 1. The quantitative estimate of drug-likeness (QED) is 0.261. The SMILES string of the molecule is Cc1cc(C)cc(-n2c(C)c(Br)c(/C=N\NC(=O)[C@H](C)Sc3ccccc3)c2C)c1. The van der Waals surface area contributed by atoms with E-state index in [4.69, 9.17) is 0 Å². The van der Waals surface area contributed by atoms with Crippen molar-refractivity contribution in [1.82, 2.24) is 9.99 Å². The lowest BCUT2D eigenvalue weighted by Crippen LogP contribution is -2.26. The van der Waals surface area contributed by atoms with Crippen LogP contribution in [-0.4, -0.2) is 21.9 Å². The van der Waals surface area contributed by atoms with Crippen LogP contribution in [0.5, 0.6) is 0 Å².